The second-order valence-corrected chi connectivity index (χ2v) is 5.43. The summed E-state index contributed by atoms with van der Waals surface area (Å²) in [6.07, 6.45) is 1.74. The largest absolute Gasteiger partial charge is 0.341 e. The average molecular weight is 292 g/mol. The molecule has 0 aromatic carbocycles. The van der Waals surface area contributed by atoms with Crippen molar-refractivity contribution in [1.82, 2.24) is 15.0 Å². The predicted molar refractivity (Wildman–Crippen MR) is 75.5 cm³/mol. The van der Waals surface area contributed by atoms with Crippen LogP contribution in [0.15, 0.2) is 18.3 Å². The normalized spacial score (nSPS) is 10.0. The fourth-order valence-electron chi connectivity index (χ4n) is 0.962. The molecule has 2 amide bonds. The standard InChI is InChI=1S/C10H14ClN3OS2/c1-12-10(15)14-17-6-5-16-7-9-8(11)3-2-4-13-9/h2-4H,5-7H2,1H3,(H2,12,14,15). The molecule has 4 nitrogen and oxygen atoms in total. The van der Waals surface area contributed by atoms with Gasteiger partial charge in [0.1, 0.15) is 0 Å². The van der Waals surface area contributed by atoms with Crippen molar-refractivity contribution in [3.05, 3.63) is 29.0 Å². The number of carbonyl (C=O) groups is 1. The van der Waals surface area contributed by atoms with Gasteiger partial charge >= 0.3 is 6.03 Å². The molecule has 0 atom stereocenters. The van der Waals surface area contributed by atoms with Gasteiger partial charge in [0.05, 0.1) is 10.7 Å². The fourth-order valence-corrected chi connectivity index (χ4v) is 2.94. The third kappa shape index (κ3) is 6.05. The molecule has 1 aromatic heterocycles. The Morgan fingerprint density at radius 2 is 2.35 bits per heavy atom. The third-order valence-corrected chi connectivity index (χ3v) is 4.11. The summed E-state index contributed by atoms with van der Waals surface area (Å²) >= 11 is 9.11. The summed E-state index contributed by atoms with van der Waals surface area (Å²) in [4.78, 5) is 15.0. The molecule has 0 unspecified atom stereocenters. The Bertz CT molecular complexity index is 365. The molecule has 0 bridgehead atoms. The van der Waals surface area contributed by atoms with Crippen molar-refractivity contribution in [3.63, 3.8) is 0 Å². The first-order valence-electron chi connectivity index (χ1n) is 5.00. The summed E-state index contributed by atoms with van der Waals surface area (Å²) in [6.45, 7) is 0. The Morgan fingerprint density at radius 3 is 3.06 bits per heavy atom. The molecule has 17 heavy (non-hydrogen) atoms. The maximum Gasteiger partial charge on any atom is 0.324 e. The van der Waals surface area contributed by atoms with Crippen molar-refractivity contribution >= 4 is 41.3 Å². The van der Waals surface area contributed by atoms with Gasteiger partial charge < -0.3 is 5.32 Å². The van der Waals surface area contributed by atoms with E-state index in [2.05, 4.69) is 15.0 Å². The number of thioether (sulfide) groups is 1. The van der Waals surface area contributed by atoms with E-state index < -0.39 is 0 Å². The quantitative estimate of drug-likeness (QED) is 0.625. The molecule has 0 saturated heterocycles. The van der Waals surface area contributed by atoms with E-state index in [-0.39, 0.29) is 6.03 Å². The molecule has 1 aromatic rings. The number of pyridine rings is 1. The first-order chi connectivity index (χ1) is 8.24. The number of carbonyl (C=O) groups excluding carboxylic acids is 1. The second kappa shape index (κ2) is 8.49. The van der Waals surface area contributed by atoms with E-state index in [0.29, 0.717) is 5.02 Å². The molecular formula is C10H14ClN3OS2. The lowest BCUT2D eigenvalue weighted by Gasteiger charge is -2.04. The number of urea groups is 1. The van der Waals surface area contributed by atoms with Crippen LogP contribution in [0.4, 0.5) is 4.79 Å². The van der Waals surface area contributed by atoms with E-state index in [9.17, 15) is 4.79 Å². The number of hydrogen-bond donors (Lipinski definition) is 2. The lowest BCUT2D eigenvalue weighted by molar-refractivity contribution is 0.248. The third-order valence-electron chi connectivity index (χ3n) is 1.80. The SMILES string of the molecule is CNC(=O)NSCCSCc1ncccc1Cl. The Hall–Kier alpha value is -0.590. The van der Waals surface area contributed by atoms with Crippen LogP contribution in [0.25, 0.3) is 0 Å². The first-order valence-corrected chi connectivity index (χ1v) is 7.52. The van der Waals surface area contributed by atoms with E-state index in [4.69, 9.17) is 11.6 Å². The monoisotopic (exact) mass is 291 g/mol. The molecule has 0 spiro atoms. The highest BCUT2D eigenvalue weighted by molar-refractivity contribution is 8.01. The van der Waals surface area contributed by atoms with Crippen molar-refractivity contribution in [3.8, 4) is 0 Å². The van der Waals surface area contributed by atoms with E-state index in [0.717, 1.165) is 23.0 Å². The summed E-state index contributed by atoms with van der Waals surface area (Å²) in [6, 6.07) is 3.49. The van der Waals surface area contributed by atoms with Gasteiger partial charge in [-0.2, -0.15) is 11.8 Å². The van der Waals surface area contributed by atoms with E-state index in [1.807, 2.05) is 12.1 Å². The smallest absolute Gasteiger partial charge is 0.324 e. The minimum absolute atomic E-state index is 0.173. The Morgan fingerprint density at radius 1 is 1.53 bits per heavy atom. The van der Waals surface area contributed by atoms with Crippen molar-refractivity contribution in [1.29, 1.82) is 0 Å². The number of aromatic nitrogens is 1. The zero-order valence-corrected chi connectivity index (χ0v) is 11.8. The van der Waals surface area contributed by atoms with Gasteiger partial charge in [-0.25, -0.2) is 4.79 Å². The number of amides is 2. The van der Waals surface area contributed by atoms with Gasteiger partial charge in [-0.3, -0.25) is 9.71 Å². The first kappa shape index (κ1) is 14.5. The van der Waals surface area contributed by atoms with Gasteiger partial charge in [-0.15, -0.1) is 0 Å². The molecule has 0 fully saturated rings. The predicted octanol–water partition coefficient (Wildman–Crippen LogP) is 2.55. The summed E-state index contributed by atoms with van der Waals surface area (Å²) in [5, 5.41) is 3.19. The van der Waals surface area contributed by atoms with Crippen molar-refractivity contribution < 1.29 is 4.79 Å². The molecule has 0 radical (unpaired) electrons. The summed E-state index contributed by atoms with van der Waals surface area (Å²) in [7, 11) is 1.59. The van der Waals surface area contributed by atoms with Gasteiger partial charge in [-0.1, -0.05) is 11.6 Å². The van der Waals surface area contributed by atoms with Crippen LogP contribution in [-0.4, -0.2) is 29.6 Å². The van der Waals surface area contributed by atoms with Gasteiger partial charge in [0.25, 0.3) is 0 Å². The fraction of sp³-hybridized carbons (Fsp3) is 0.400. The highest BCUT2D eigenvalue weighted by Crippen LogP contribution is 2.18. The number of nitrogens with zero attached hydrogens (tertiary/aromatic N) is 1. The van der Waals surface area contributed by atoms with Crippen LogP contribution < -0.4 is 10.0 Å². The molecule has 0 aliphatic heterocycles. The molecular weight excluding hydrogens is 278 g/mol. The number of halogens is 1. The van der Waals surface area contributed by atoms with Gasteiger partial charge in [-0.05, 0) is 24.1 Å². The molecule has 1 heterocycles. The number of rotatable bonds is 6. The van der Waals surface area contributed by atoms with Crippen LogP contribution in [0, 0.1) is 0 Å². The summed E-state index contributed by atoms with van der Waals surface area (Å²) < 4.78 is 2.65. The summed E-state index contributed by atoms with van der Waals surface area (Å²) in [5.74, 6) is 2.57. The molecule has 0 aliphatic carbocycles. The highest BCUT2D eigenvalue weighted by atomic mass is 35.5. The lowest BCUT2D eigenvalue weighted by atomic mass is 10.4. The molecule has 0 saturated carbocycles. The summed E-state index contributed by atoms with van der Waals surface area (Å²) in [5.41, 5.74) is 0.906. The maximum absolute atomic E-state index is 10.8. The van der Waals surface area contributed by atoms with Crippen LogP contribution in [-0.2, 0) is 5.75 Å². The topological polar surface area (TPSA) is 54.0 Å². The van der Waals surface area contributed by atoms with Crippen molar-refractivity contribution in [2.45, 2.75) is 5.75 Å². The van der Waals surface area contributed by atoms with Gasteiger partial charge in [0.15, 0.2) is 0 Å². The zero-order valence-electron chi connectivity index (χ0n) is 9.40. The number of hydrogen-bond acceptors (Lipinski definition) is 4. The van der Waals surface area contributed by atoms with E-state index in [1.165, 1.54) is 11.9 Å². The van der Waals surface area contributed by atoms with Crippen LogP contribution >= 0.6 is 35.3 Å². The van der Waals surface area contributed by atoms with Crippen LogP contribution in [0.5, 0.6) is 0 Å². The lowest BCUT2D eigenvalue weighted by Crippen LogP contribution is -2.27. The molecule has 0 aliphatic rings. The molecule has 1 rings (SSSR count). The maximum atomic E-state index is 10.8. The zero-order chi connectivity index (χ0) is 12.5. The Kier molecular flexibility index (Phi) is 7.23. The second-order valence-electron chi connectivity index (χ2n) is 3.01. The molecule has 94 valence electrons. The average Bonchev–Trinajstić information content (AvgIpc) is 2.35. The number of nitrogens with one attached hydrogen (secondary N) is 2. The van der Waals surface area contributed by atoms with Gasteiger partial charge in [0, 0.05) is 30.5 Å². The molecule has 2 N–H and O–H groups in total. The van der Waals surface area contributed by atoms with Crippen molar-refractivity contribution in [2.75, 3.05) is 18.6 Å². The van der Waals surface area contributed by atoms with Gasteiger partial charge in [0.2, 0.25) is 0 Å². The van der Waals surface area contributed by atoms with Crippen LogP contribution in [0.2, 0.25) is 5.02 Å². The van der Waals surface area contributed by atoms with E-state index >= 15 is 0 Å². The molecule has 7 heteroatoms. The Labute approximate surface area is 114 Å². The van der Waals surface area contributed by atoms with Crippen LogP contribution in [0.1, 0.15) is 5.69 Å². The van der Waals surface area contributed by atoms with Crippen LogP contribution in [0.3, 0.4) is 0 Å². The van der Waals surface area contributed by atoms with Crippen molar-refractivity contribution in [2.24, 2.45) is 0 Å². The minimum atomic E-state index is -0.173. The minimum Gasteiger partial charge on any atom is -0.341 e. The Balaban J connectivity index is 2.09. The van der Waals surface area contributed by atoms with E-state index in [1.54, 1.807) is 25.0 Å². The highest BCUT2D eigenvalue weighted by Gasteiger charge is 2.01.